The first-order chi connectivity index (χ1) is 13.2. The molecule has 4 nitrogen and oxygen atoms in total. The molecule has 0 aliphatic carbocycles. The number of benzene rings is 3. The minimum absolute atomic E-state index is 0.184. The molecule has 5 heteroatoms. The summed E-state index contributed by atoms with van der Waals surface area (Å²) in [5.74, 6) is 1.15. The van der Waals surface area contributed by atoms with Crippen LogP contribution in [0.25, 0.3) is 0 Å². The number of ether oxygens (including phenoxy) is 2. The van der Waals surface area contributed by atoms with Gasteiger partial charge < -0.3 is 14.8 Å². The van der Waals surface area contributed by atoms with Crippen molar-refractivity contribution in [2.75, 3.05) is 13.2 Å². The van der Waals surface area contributed by atoms with Crippen molar-refractivity contribution in [3.05, 3.63) is 94.5 Å². The van der Waals surface area contributed by atoms with Crippen molar-refractivity contribution in [1.29, 1.82) is 0 Å². The SMILES string of the molecule is O=C(NCCOc1ccccc1)c1ccccc1OCc1cccc(Br)c1. The predicted octanol–water partition coefficient (Wildman–Crippen LogP) is 4.84. The summed E-state index contributed by atoms with van der Waals surface area (Å²) >= 11 is 3.45. The Morgan fingerprint density at radius 1 is 0.889 bits per heavy atom. The second kappa shape index (κ2) is 9.78. The molecule has 0 bridgehead atoms. The third kappa shape index (κ3) is 5.86. The van der Waals surface area contributed by atoms with Gasteiger partial charge in [0.15, 0.2) is 0 Å². The van der Waals surface area contributed by atoms with Gasteiger partial charge >= 0.3 is 0 Å². The zero-order valence-electron chi connectivity index (χ0n) is 14.7. The van der Waals surface area contributed by atoms with E-state index in [1.807, 2.05) is 66.7 Å². The van der Waals surface area contributed by atoms with Gasteiger partial charge in [-0.15, -0.1) is 0 Å². The summed E-state index contributed by atoms with van der Waals surface area (Å²) in [4.78, 5) is 12.5. The standard InChI is InChI=1S/C22H20BrNO3/c23-18-8-6-7-17(15-18)16-27-21-12-5-4-11-20(21)22(25)24-13-14-26-19-9-2-1-3-10-19/h1-12,15H,13-14,16H2,(H,24,25). The normalized spacial score (nSPS) is 10.3. The molecule has 0 aliphatic rings. The summed E-state index contributed by atoms with van der Waals surface area (Å²) in [6.07, 6.45) is 0. The molecule has 0 aromatic heterocycles. The van der Waals surface area contributed by atoms with Gasteiger partial charge in [-0.1, -0.05) is 58.4 Å². The third-order valence-corrected chi connectivity index (χ3v) is 4.31. The summed E-state index contributed by atoms with van der Waals surface area (Å²) in [5, 5.41) is 2.87. The van der Waals surface area contributed by atoms with Crippen molar-refractivity contribution in [3.63, 3.8) is 0 Å². The zero-order valence-corrected chi connectivity index (χ0v) is 16.3. The van der Waals surface area contributed by atoms with Crippen LogP contribution >= 0.6 is 15.9 Å². The van der Waals surface area contributed by atoms with Gasteiger partial charge in [0.05, 0.1) is 12.1 Å². The van der Waals surface area contributed by atoms with Crippen LogP contribution in [0.15, 0.2) is 83.3 Å². The largest absolute Gasteiger partial charge is 0.492 e. The number of para-hydroxylation sites is 2. The van der Waals surface area contributed by atoms with E-state index in [-0.39, 0.29) is 5.91 Å². The van der Waals surface area contributed by atoms with Gasteiger partial charge in [-0.05, 0) is 42.0 Å². The van der Waals surface area contributed by atoms with Crippen LogP contribution in [0.3, 0.4) is 0 Å². The van der Waals surface area contributed by atoms with E-state index in [2.05, 4.69) is 21.2 Å². The van der Waals surface area contributed by atoms with E-state index in [0.717, 1.165) is 15.8 Å². The third-order valence-electron chi connectivity index (χ3n) is 3.81. The molecule has 0 unspecified atom stereocenters. The van der Waals surface area contributed by atoms with Crippen molar-refractivity contribution in [2.24, 2.45) is 0 Å². The van der Waals surface area contributed by atoms with Crippen LogP contribution in [0, 0.1) is 0 Å². The van der Waals surface area contributed by atoms with Crippen LogP contribution in [0.4, 0.5) is 0 Å². The monoisotopic (exact) mass is 425 g/mol. The van der Waals surface area contributed by atoms with Crippen LogP contribution in [-0.4, -0.2) is 19.1 Å². The highest BCUT2D eigenvalue weighted by Crippen LogP contribution is 2.20. The Hall–Kier alpha value is -2.79. The van der Waals surface area contributed by atoms with Crippen LogP contribution < -0.4 is 14.8 Å². The molecular formula is C22H20BrNO3. The fourth-order valence-electron chi connectivity index (χ4n) is 2.51. The van der Waals surface area contributed by atoms with E-state index in [4.69, 9.17) is 9.47 Å². The van der Waals surface area contributed by atoms with Crippen molar-refractivity contribution >= 4 is 21.8 Å². The molecular weight excluding hydrogens is 406 g/mol. The lowest BCUT2D eigenvalue weighted by atomic mass is 10.2. The van der Waals surface area contributed by atoms with Gasteiger partial charge in [0.1, 0.15) is 24.7 Å². The molecule has 0 saturated heterocycles. The topological polar surface area (TPSA) is 47.6 Å². The smallest absolute Gasteiger partial charge is 0.255 e. The average molecular weight is 426 g/mol. The minimum Gasteiger partial charge on any atom is -0.492 e. The quantitative estimate of drug-likeness (QED) is 0.525. The van der Waals surface area contributed by atoms with E-state index < -0.39 is 0 Å². The summed E-state index contributed by atoms with van der Waals surface area (Å²) < 4.78 is 12.4. The highest BCUT2D eigenvalue weighted by Gasteiger charge is 2.12. The van der Waals surface area contributed by atoms with Crippen molar-refractivity contribution in [1.82, 2.24) is 5.32 Å². The molecule has 138 valence electrons. The van der Waals surface area contributed by atoms with E-state index in [9.17, 15) is 4.79 Å². The fourth-order valence-corrected chi connectivity index (χ4v) is 2.96. The Bertz CT molecular complexity index is 883. The first-order valence-corrected chi connectivity index (χ1v) is 9.44. The van der Waals surface area contributed by atoms with E-state index >= 15 is 0 Å². The molecule has 1 amide bonds. The lowest BCUT2D eigenvalue weighted by Crippen LogP contribution is -2.28. The maximum Gasteiger partial charge on any atom is 0.255 e. The average Bonchev–Trinajstić information content (AvgIpc) is 2.70. The second-order valence-corrected chi connectivity index (χ2v) is 6.75. The summed E-state index contributed by atoms with van der Waals surface area (Å²) in [6.45, 7) is 1.20. The Labute approximate surface area is 167 Å². The number of halogens is 1. The molecule has 3 rings (SSSR count). The molecule has 0 heterocycles. The molecule has 0 fully saturated rings. The van der Waals surface area contributed by atoms with E-state index in [0.29, 0.717) is 31.1 Å². The molecule has 3 aromatic rings. The molecule has 3 aromatic carbocycles. The highest BCUT2D eigenvalue weighted by molar-refractivity contribution is 9.10. The van der Waals surface area contributed by atoms with Crippen LogP contribution in [0.1, 0.15) is 15.9 Å². The second-order valence-electron chi connectivity index (χ2n) is 5.83. The highest BCUT2D eigenvalue weighted by atomic mass is 79.9. The Morgan fingerprint density at radius 3 is 2.48 bits per heavy atom. The van der Waals surface area contributed by atoms with Crippen molar-refractivity contribution < 1.29 is 14.3 Å². The maximum atomic E-state index is 12.5. The number of rotatable bonds is 8. The van der Waals surface area contributed by atoms with Gasteiger partial charge in [0.2, 0.25) is 0 Å². The van der Waals surface area contributed by atoms with Crippen LogP contribution in [0.5, 0.6) is 11.5 Å². The number of hydrogen-bond donors (Lipinski definition) is 1. The minimum atomic E-state index is -0.184. The first-order valence-electron chi connectivity index (χ1n) is 8.65. The lowest BCUT2D eigenvalue weighted by molar-refractivity contribution is 0.0942. The number of nitrogens with one attached hydrogen (secondary N) is 1. The van der Waals surface area contributed by atoms with Gasteiger partial charge in [0, 0.05) is 4.47 Å². The summed E-state index contributed by atoms with van der Waals surface area (Å²) in [5.41, 5.74) is 1.53. The Balaban J connectivity index is 1.53. The molecule has 1 N–H and O–H groups in total. The van der Waals surface area contributed by atoms with Gasteiger partial charge in [-0.25, -0.2) is 0 Å². The molecule has 0 saturated carbocycles. The van der Waals surface area contributed by atoms with E-state index in [1.54, 1.807) is 12.1 Å². The number of amides is 1. The van der Waals surface area contributed by atoms with Crippen molar-refractivity contribution in [3.8, 4) is 11.5 Å². The Morgan fingerprint density at radius 2 is 1.67 bits per heavy atom. The Kier molecular flexibility index (Phi) is 6.88. The maximum absolute atomic E-state index is 12.5. The van der Waals surface area contributed by atoms with Gasteiger partial charge in [-0.3, -0.25) is 4.79 Å². The fraction of sp³-hybridized carbons (Fsp3) is 0.136. The number of carbonyl (C=O) groups excluding carboxylic acids is 1. The molecule has 0 aliphatic heterocycles. The lowest BCUT2D eigenvalue weighted by Gasteiger charge is -2.12. The van der Waals surface area contributed by atoms with Gasteiger partial charge in [0.25, 0.3) is 5.91 Å². The summed E-state index contributed by atoms with van der Waals surface area (Å²) in [7, 11) is 0. The van der Waals surface area contributed by atoms with Crippen LogP contribution in [0.2, 0.25) is 0 Å². The number of hydrogen-bond acceptors (Lipinski definition) is 3. The predicted molar refractivity (Wildman–Crippen MR) is 109 cm³/mol. The summed E-state index contributed by atoms with van der Waals surface area (Å²) in [6, 6.07) is 24.6. The molecule has 0 atom stereocenters. The van der Waals surface area contributed by atoms with Crippen molar-refractivity contribution in [2.45, 2.75) is 6.61 Å². The van der Waals surface area contributed by atoms with Gasteiger partial charge in [-0.2, -0.15) is 0 Å². The van der Waals surface area contributed by atoms with E-state index in [1.165, 1.54) is 0 Å². The van der Waals surface area contributed by atoms with Crippen LogP contribution in [-0.2, 0) is 6.61 Å². The number of carbonyl (C=O) groups is 1. The zero-order chi connectivity index (χ0) is 18.9. The molecule has 0 spiro atoms. The first kappa shape index (κ1) is 19.0. The molecule has 0 radical (unpaired) electrons. The molecule has 27 heavy (non-hydrogen) atoms.